The fourth-order valence-corrected chi connectivity index (χ4v) is 14.4. The van der Waals surface area contributed by atoms with Gasteiger partial charge in [-0.15, -0.1) is 11.3 Å². The molecule has 1 unspecified atom stereocenters. The van der Waals surface area contributed by atoms with Crippen molar-refractivity contribution in [2.75, 3.05) is 84.3 Å². The first-order chi connectivity index (χ1) is 36.3. The Kier molecular flexibility index (Phi) is 14.2. The number of rotatable bonds is 12. The van der Waals surface area contributed by atoms with Crippen LogP contribution in [-0.2, 0) is 46.3 Å². The third-order valence-electron chi connectivity index (χ3n) is 18.6. The lowest BCUT2D eigenvalue weighted by Crippen LogP contribution is -2.67. The second kappa shape index (κ2) is 20.7. The number of cyclic esters (lactones) is 1. The van der Waals surface area contributed by atoms with Crippen molar-refractivity contribution in [1.29, 1.82) is 0 Å². The molecule has 4 saturated heterocycles. The van der Waals surface area contributed by atoms with Crippen LogP contribution in [0.2, 0.25) is 0 Å². The smallest absolute Gasteiger partial charge is 0.324 e. The summed E-state index contributed by atoms with van der Waals surface area (Å²) in [6.45, 7) is 19.4. The first-order valence-electron chi connectivity index (χ1n) is 28.4. The monoisotopic (exact) mass is 1050 g/mol. The minimum atomic E-state index is -0.918. The maximum Gasteiger partial charge on any atom is 0.324 e. The van der Waals surface area contributed by atoms with Gasteiger partial charge >= 0.3 is 5.97 Å². The van der Waals surface area contributed by atoms with E-state index in [4.69, 9.17) is 28.9 Å². The van der Waals surface area contributed by atoms with Crippen molar-refractivity contribution in [2.45, 2.75) is 142 Å². The number of hydrogen-bond acceptors (Lipinski definition) is 14. The van der Waals surface area contributed by atoms with Crippen molar-refractivity contribution in [3.63, 3.8) is 0 Å². The first-order valence-corrected chi connectivity index (χ1v) is 29.3. The highest BCUT2D eigenvalue weighted by molar-refractivity contribution is 7.10. The largest absolute Gasteiger partial charge is 0.464 e. The fraction of sp³-hybridized carbons (Fsp3) is 0.672. The van der Waals surface area contributed by atoms with Crippen LogP contribution in [0.15, 0.2) is 35.8 Å². The summed E-state index contributed by atoms with van der Waals surface area (Å²) >= 11 is 1.56. The van der Waals surface area contributed by atoms with Crippen LogP contribution >= 0.6 is 11.3 Å². The normalized spacial score (nSPS) is 28.9. The Labute approximate surface area is 446 Å². The molecular formula is C58H79N9O7S. The topological polar surface area (TPSA) is 156 Å². The van der Waals surface area contributed by atoms with Gasteiger partial charge in [0.05, 0.1) is 60.4 Å². The maximum atomic E-state index is 15.2. The SMILES string of the molecule is CO[C@@H](C)c1ncc(N2CCN(C3CC3)CC2)cc1-c1c2c3cc(ccc3n1CCOC1CCOCC1)-c1csc(n1)[C@@H](N1CC3(CCC3)C1)[C@H](NC(=O)C1[C@@H](C)[C@H]1C)C(=O)N1CCC[C@H](N1)C(=O)OCC(C)(C)C2. The second-order valence-electron chi connectivity index (χ2n) is 24.4. The summed E-state index contributed by atoms with van der Waals surface area (Å²) in [6, 6.07) is 7.66. The third-order valence-corrected chi connectivity index (χ3v) is 19.5. The number of nitrogens with zero attached hydrogens (tertiary/aromatic N) is 7. The van der Waals surface area contributed by atoms with Crippen LogP contribution in [-0.4, -0.2) is 151 Å². The molecule has 7 fully saturated rings. The molecule has 12 rings (SSSR count). The Bertz CT molecular complexity index is 2760. The lowest BCUT2D eigenvalue weighted by atomic mass is 9.63. The lowest BCUT2D eigenvalue weighted by molar-refractivity contribution is -0.157. The minimum absolute atomic E-state index is 0.0947. The van der Waals surface area contributed by atoms with Crippen LogP contribution in [0.4, 0.5) is 5.69 Å². The van der Waals surface area contributed by atoms with Crippen molar-refractivity contribution in [3.8, 4) is 22.5 Å². The molecule has 8 heterocycles. The van der Waals surface area contributed by atoms with Crippen molar-refractivity contribution < 1.29 is 33.3 Å². The zero-order valence-electron chi connectivity index (χ0n) is 45.1. The standard InChI is InChI=1S/C58H79N9O7S/c1-35-36(2)48(35)53(68)61-50-52(65-32-58(33-65)16-8-17-58)54-60-46(31-75-54)38-10-13-47-42(27-38)44(29-57(4,5)34-74-56(70)45-9-7-18-67(62-45)55(50)69)51(66(47)23-26-73-41-14-24-72-25-15-41)43-28-40(30-59-49(43)37(3)71-6)64-21-19-63(20-22-64)39-11-12-39/h10,13,27-28,30-31,35-37,39,41,45,48,50,52,62H,7-9,11-12,14-26,29,32-34H2,1-6H3,(H,61,68)/t35-,36+,37-,45-,48?,50-,52-/m0/s1. The van der Waals surface area contributed by atoms with E-state index < -0.39 is 23.5 Å². The first kappa shape index (κ1) is 51.3. The number of ether oxygens (including phenoxy) is 4. The van der Waals surface area contributed by atoms with E-state index in [9.17, 15) is 9.59 Å². The molecule has 16 nitrogen and oxygen atoms in total. The molecule has 1 spiro atoms. The molecule has 4 aromatic rings. The van der Waals surface area contributed by atoms with Crippen LogP contribution in [0.5, 0.6) is 0 Å². The van der Waals surface area contributed by atoms with Crippen molar-refractivity contribution >= 4 is 45.7 Å². The fourth-order valence-electron chi connectivity index (χ4n) is 13.4. The summed E-state index contributed by atoms with van der Waals surface area (Å²) in [5.41, 5.74) is 11.1. The van der Waals surface area contributed by atoms with Crippen LogP contribution in [0.25, 0.3) is 33.4 Å². The molecule has 6 bridgehead atoms. The van der Waals surface area contributed by atoms with E-state index in [-0.39, 0.29) is 59.8 Å². The third kappa shape index (κ3) is 10.2. The molecular weight excluding hydrogens is 967 g/mol. The molecule has 404 valence electrons. The Morgan fingerprint density at radius 3 is 2.45 bits per heavy atom. The summed E-state index contributed by atoms with van der Waals surface area (Å²) in [5, 5.41) is 8.94. The predicted octanol–water partition coefficient (Wildman–Crippen LogP) is 7.55. The number of anilines is 1. The number of hydrazine groups is 1. The van der Waals surface area contributed by atoms with E-state index in [1.54, 1.807) is 23.5 Å². The quantitative estimate of drug-likeness (QED) is 0.134. The molecule has 7 atom stereocenters. The summed E-state index contributed by atoms with van der Waals surface area (Å²) in [4.78, 5) is 62.1. The minimum Gasteiger partial charge on any atom is -0.464 e. The molecule has 3 aromatic heterocycles. The highest BCUT2D eigenvalue weighted by Gasteiger charge is 2.55. The number of fused-ring (bicyclic) bond motifs is 6. The number of methoxy groups -OCH3 is 1. The predicted molar refractivity (Wildman–Crippen MR) is 289 cm³/mol. The zero-order chi connectivity index (χ0) is 51.8. The summed E-state index contributed by atoms with van der Waals surface area (Å²) < 4.78 is 27.3. The van der Waals surface area contributed by atoms with Gasteiger partial charge in [-0.3, -0.25) is 34.2 Å². The van der Waals surface area contributed by atoms with Gasteiger partial charge in [-0.25, -0.2) is 10.4 Å². The Morgan fingerprint density at radius 2 is 1.75 bits per heavy atom. The van der Waals surface area contributed by atoms with Gasteiger partial charge in [0.15, 0.2) is 0 Å². The lowest BCUT2D eigenvalue weighted by Gasteiger charge is -2.58. The molecule has 3 aliphatic carbocycles. The maximum absolute atomic E-state index is 15.2. The van der Waals surface area contributed by atoms with Gasteiger partial charge in [0.25, 0.3) is 5.91 Å². The Hall–Kier alpha value is -4.49. The van der Waals surface area contributed by atoms with Gasteiger partial charge in [0.2, 0.25) is 5.91 Å². The molecule has 0 radical (unpaired) electrons. The number of likely N-dealkylation sites (tertiary alicyclic amines) is 1. The zero-order valence-corrected chi connectivity index (χ0v) is 45.9. The molecule has 1 aromatic carbocycles. The number of piperazine rings is 1. The van der Waals surface area contributed by atoms with E-state index in [1.165, 1.54) is 32.1 Å². The Morgan fingerprint density at radius 1 is 0.973 bits per heavy atom. The molecule has 2 N–H and O–H groups in total. The number of amides is 2. The number of esters is 1. The number of thiazole rings is 1. The van der Waals surface area contributed by atoms with Crippen molar-refractivity contribution in [3.05, 3.63) is 52.1 Å². The van der Waals surface area contributed by atoms with Gasteiger partial charge in [-0.1, -0.05) is 40.2 Å². The van der Waals surface area contributed by atoms with Crippen LogP contribution in [0.3, 0.4) is 0 Å². The molecule has 17 heteroatoms. The number of pyridine rings is 1. The summed E-state index contributed by atoms with van der Waals surface area (Å²) in [7, 11) is 1.75. The highest BCUT2D eigenvalue weighted by Crippen LogP contribution is 2.52. The molecule has 2 amide bonds. The van der Waals surface area contributed by atoms with Crippen molar-refractivity contribution in [2.24, 2.45) is 28.6 Å². The van der Waals surface area contributed by atoms with Crippen molar-refractivity contribution in [1.82, 2.24) is 40.1 Å². The number of carbonyl (C=O) groups excluding carboxylic acids is 3. The Balaban J connectivity index is 1.00. The van der Waals surface area contributed by atoms with Gasteiger partial charge in [0.1, 0.15) is 17.1 Å². The number of hydrogen-bond donors (Lipinski definition) is 2. The van der Waals surface area contributed by atoms with Gasteiger partial charge in [0, 0.05) is 117 Å². The van der Waals surface area contributed by atoms with Crippen LogP contribution < -0.4 is 15.6 Å². The summed E-state index contributed by atoms with van der Waals surface area (Å²) in [6.07, 6.45) is 11.5. The van der Waals surface area contributed by atoms with E-state index in [2.05, 4.69) is 94.3 Å². The van der Waals surface area contributed by atoms with Crippen LogP contribution in [0.1, 0.15) is 121 Å². The average molecular weight is 1050 g/mol. The van der Waals surface area contributed by atoms with E-state index >= 15 is 4.79 Å². The number of carbonyl (C=O) groups is 3. The van der Waals surface area contributed by atoms with Crippen LogP contribution in [0, 0.1) is 28.6 Å². The van der Waals surface area contributed by atoms with Gasteiger partial charge < -0.3 is 33.7 Å². The van der Waals surface area contributed by atoms with Gasteiger partial charge in [-0.2, -0.15) is 0 Å². The molecule has 3 saturated carbocycles. The average Bonchev–Trinajstić information content (AvgIpc) is 4.29. The second-order valence-corrected chi connectivity index (χ2v) is 25.3. The highest BCUT2D eigenvalue weighted by atomic mass is 32.1. The number of benzene rings is 1. The number of aromatic nitrogens is 3. The summed E-state index contributed by atoms with van der Waals surface area (Å²) in [5.74, 6) is -0.413. The molecule has 5 aliphatic heterocycles. The van der Waals surface area contributed by atoms with E-state index in [1.807, 2.05) is 6.20 Å². The number of nitrogens with one attached hydrogen (secondary N) is 2. The molecule has 8 aliphatic rings. The van der Waals surface area contributed by atoms with E-state index in [0.717, 1.165) is 114 Å². The van der Waals surface area contributed by atoms with E-state index in [0.29, 0.717) is 52.2 Å². The van der Waals surface area contributed by atoms with Gasteiger partial charge in [-0.05, 0) is 106 Å². The molecule has 75 heavy (non-hydrogen) atoms.